The van der Waals surface area contributed by atoms with E-state index in [1.165, 1.54) is 43.5 Å². The number of rotatable bonds is 7. The van der Waals surface area contributed by atoms with Crippen LogP contribution in [-0.4, -0.2) is 18.1 Å². The van der Waals surface area contributed by atoms with Gasteiger partial charge in [-0.3, -0.25) is 4.79 Å². The number of benzene rings is 3. The summed E-state index contributed by atoms with van der Waals surface area (Å²) < 4.78 is 24.8. The van der Waals surface area contributed by atoms with Gasteiger partial charge in [0, 0.05) is 11.3 Å². The van der Waals surface area contributed by atoms with Crippen LogP contribution in [0.1, 0.15) is 11.1 Å². The Morgan fingerprint density at radius 3 is 2.55 bits per heavy atom. The number of phenols is 1. The van der Waals surface area contributed by atoms with Gasteiger partial charge in [0.1, 0.15) is 29.8 Å². The minimum Gasteiger partial charge on any atom is -0.508 e. The van der Waals surface area contributed by atoms with Crippen molar-refractivity contribution in [3.8, 4) is 23.3 Å². The van der Waals surface area contributed by atoms with Gasteiger partial charge in [-0.2, -0.15) is 5.26 Å². The first-order valence-corrected chi connectivity index (χ1v) is 9.26. The van der Waals surface area contributed by atoms with Crippen LogP contribution in [0.25, 0.3) is 6.08 Å². The second-order valence-corrected chi connectivity index (χ2v) is 6.46. The molecule has 0 atom stereocenters. The number of hydrogen-bond donors (Lipinski definition) is 2. The fourth-order valence-electron chi connectivity index (χ4n) is 2.72. The molecule has 0 aliphatic heterocycles. The second-order valence-electron chi connectivity index (χ2n) is 6.46. The summed E-state index contributed by atoms with van der Waals surface area (Å²) in [6.45, 7) is 0.0245. The third-order valence-electron chi connectivity index (χ3n) is 4.33. The highest BCUT2D eigenvalue weighted by Crippen LogP contribution is 2.30. The van der Waals surface area contributed by atoms with Gasteiger partial charge >= 0.3 is 0 Å². The Balaban J connectivity index is 1.75. The van der Waals surface area contributed by atoms with Crippen molar-refractivity contribution in [2.45, 2.75) is 6.61 Å². The molecule has 0 aromatic heterocycles. The van der Waals surface area contributed by atoms with Crippen molar-refractivity contribution in [1.29, 1.82) is 5.26 Å². The summed E-state index contributed by atoms with van der Waals surface area (Å²) in [5.41, 5.74) is 1.28. The van der Waals surface area contributed by atoms with Gasteiger partial charge in [-0.05, 0) is 54.1 Å². The van der Waals surface area contributed by atoms with Crippen molar-refractivity contribution in [2.75, 3.05) is 12.4 Å². The Kier molecular flexibility index (Phi) is 6.86. The van der Waals surface area contributed by atoms with Crippen LogP contribution in [0.15, 0.2) is 72.3 Å². The van der Waals surface area contributed by atoms with Crippen LogP contribution in [0, 0.1) is 17.1 Å². The molecule has 0 fully saturated rings. The number of nitriles is 1. The highest BCUT2D eigenvalue weighted by Gasteiger charge is 2.12. The molecule has 3 aromatic rings. The molecule has 0 aliphatic rings. The predicted octanol–water partition coefficient (Wildman–Crippen LogP) is 4.66. The molecule has 0 bridgehead atoms. The number of amides is 1. The number of halogens is 1. The summed E-state index contributed by atoms with van der Waals surface area (Å²) in [4.78, 5) is 12.4. The summed E-state index contributed by atoms with van der Waals surface area (Å²) in [5, 5.41) is 21.3. The lowest BCUT2D eigenvalue weighted by atomic mass is 10.1. The highest BCUT2D eigenvalue weighted by atomic mass is 19.1. The number of nitrogens with one attached hydrogen (secondary N) is 1. The van der Waals surface area contributed by atoms with E-state index >= 15 is 0 Å². The fraction of sp³-hybridized carbons (Fsp3) is 0.0833. The molecule has 0 radical (unpaired) electrons. The van der Waals surface area contributed by atoms with Gasteiger partial charge in [0.05, 0.1) is 7.11 Å². The monoisotopic (exact) mass is 418 g/mol. The third kappa shape index (κ3) is 5.61. The normalized spacial score (nSPS) is 10.8. The first-order chi connectivity index (χ1) is 15.0. The summed E-state index contributed by atoms with van der Waals surface area (Å²) in [6, 6.07) is 19.0. The molecule has 7 heteroatoms. The standard InChI is InChI=1S/C24H19FN2O4/c1-30-23-13-16(6-11-22(23)31-15-17-4-2-3-5-21(17)25)12-18(14-26)24(29)27-19-7-9-20(28)10-8-19/h2-13,28H,15H2,1H3,(H,27,29)/b18-12+. The van der Waals surface area contributed by atoms with E-state index in [0.717, 1.165) is 0 Å². The molecule has 0 unspecified atom stereocenters. The van der Waals surface area contributed by atoms with Crippen molar-refractivity contribution in [1.82, 2.24) is 0 Å². The molecular formula is C24H19FN2O4. The van der Waals surface area contributed by atoms with Gasteiger partial charge in [-0.1, -0.05) is 24.3 Å². The minimum absolute atomic E-state index is 0.0245. The first kappa shape index (κ1) is 21.4. The first-order valence-electron chi connectivity index (χ1n) is 9.26. The number of carbonyl (C=O) groups excluding carboxylic acids is 1. The van der Waals surface area contributed by atoms with Gasteiger partial charge in [0.2, 0.25) is 0 Å². The molecule has 0 heterocycles. The number of hydrogen-bond acceptors (Lipinski definition) is 5. The molecule has 0 aliphatic carbocycles. The van der Waals surface area contributed by atoms with Gasteiger partial charge in [0.15, 0.2) is 11.5 Å². The summed E-state index contributed by atoms with van der Waals surface area (Å²) >= 11 is 0. The SMILES string of the molecule is COc1cc(/C=C(\C#N)C(=O)Nc2ccc(O)cc2)ccc1OCc1ccccc1F. The van der Waals surface area contributed by atoms with Gasteiger partial charge in [-0.15, -0.1) is 0 Å². The number of anilines is 1. The van der Waals surface area contributed by atoms with Crippen LogP contribution in [0.5, 0.6) is 17.2 Å². The van der Waals surface area contributed by atoms with Crippen LogP contribution in [0.3, 0.4) is 0 Å². The number of phenolic OH excluding ortho intramolecular Hbond substituents is 1. The van der Waals surface area contributed by atoms with E-state index in [2.05, 4.69) is 5.32 Å². The molecule has 0 saturated carbocycles. The molecular weight excluding hydrogens is 399 g/mol. The largest absolute Gasteiger partial charge is 0.508 e. The maximum atomic E-state index is 13.8. The highest BCUT2D eigenvalue weighted by molar-refractivity contribution is 6.09. The lowest BCUT2D eigenvalue weighted by Crippen LogP contribution is -2.13. The Hall–Kier alpha value is -4.31. The van der Waals surface area contributed by atoms with E-state index in [4.69, 9.17) is 9.47 Å². The summed E-state index contributed by atoms with van der Waals surface area (Å²) in [5.74, 6) is -0.110. The quantitative estimate of drug-likeness (QED) is 0.331. The van der Waals surface area contributed by atoms with Crippen LogP contribution < -0.4 is 14.8 Å². The van der Waals surface area contributed by atoms with Crippen LogP contribution in [0.4, 0.5) is 10.1 Å². The zero-order valence-electron chi connectivity index (χ0n) is 16.6. The van der Waals surface area contributed by atoms with Crippen LogP contribution >= 0.6 is 0 Å². The van der Waals surface area contributed by atoms with E-state index < -0.39 is 5.91 Å². The maximum Gasteiger partial charge on any atom is 0.266 e. The lowest BCUT2D eigenvalue weighted by molar-refractivity contribution is -0.112. The number of aromatic hydroxyl groups is 1. The molecule has 0 spiro atoms. The fourth-order valence-corrected chi connectivity index (χ4v) is 2.72. The average molecular weight is 418 g/mol. The molecule has 6 nitrogen and oxygen atoms in total. The molecule has 2 N–H and O–H groups in total. The Morgan fingerprint density at radius 1 is 1.13 bits per heavy atom. The van der Waals surface area contributed by atoms with Crippen molar-refractivity contribution in [3.63, 3.8) is 0 Å². The smallest absolute Gasteiger partial charge is 0.266 e. The van der Waals surface area contributed by atoms with Gasteiger partial charge in [0.25, 0.3) is 5.91 Å². The van der Waals surface area contributed by atoms with E-state index in [9.17, 15) is 19.6 Å². The van der Waals surface area contributed by atoms with Crippen LogP contribution in [-0.2, 0) is 11.4 Å². The van der Waals surface area contributed by atoms with Crippen molar-refractivity contribution in [2.24, 2.45) is 0 Å². The third-order valence-corrected chi connectivity index (χ3v) is 4.33. The van der Waals surface area contributed by atoms with E-state index in [-0.39, 0.29) is 23.7 Å². The van der Waals surface area contributed by atoms with Crippen LogP contribution in [0.2, 0.25) is 0 Å². The Morgan fingerprint density at radius 2 is 1.87 bits per heavy atom. The zero-order chi connectivity index (χ0) is 22.2. The molecule has 0 saturated heterocycles. The number of methoxy groups -OCH3 is 1. The number of ether oxygens (including phenoxy) is 2. The minimum atomic E-state index is -0.591. The maximum absolute atomic E-state index is 13.8. The van der Waals surface area contributed by atoms with Crippen molar-refractivity contribution < 1.29 is 23.8 Å². The Labute approximate surface area is 178 Å². The zero-order valence-corrected chi connectivity index (χ0v) is 16.6. The molecule has 1 amide bonds. The number of carbonyl (C=O) groups is 1. The molecule has 3 rings (SSSR count). The topological polar surface area (TPSA) is 91.6 Å². The van der Waals surface area contributed by atoms with E-state index in [1.807, 2.05) is 6.07 Å². The molecule has 3 aromatic carbocycles. The molecule has 156 valence electrons. The predicted molar refractivity (Wildman–Crippen MR) is 114 cm³/mol. The lowest BCUT2D eigenvalue weighted by Gasteiger charge is -2.12. The average Bonchev–Trinajstić information content (AvgIpc) is 2.78. The van der Waals surface area contributed by atoms with Gasteiger partial charge < -0.3 is 19.9 Å². The number of nitrogens with zero attached hydrogens (tertiary/aromatic N) is 1. The van der Waals surface area contributed by atoms with E-state index in [0.29, 0.717) is 28.3 Å². The van der Waals surface area contributed by atoms with Crippen molar-refractivity contribution in [3.05, 3.63) is 89.2 Å². The summed E-state index contributed by atoms with van der Waals surface area (Å²) in [6.07, 6.45) is 1.42. The Bertz CT molecular complexity index is 1150. The van der Waals surface area contributed by atoms with Crippen molar-refractivity contribution >= 4 is 17.7 Å². The second kappa shape index (κ2) is 9.94. The summed E-state index contributed by atoms with van der Waals surface area (Å²) in [7, 11) is 1.46. The van der Waals surface area contributed by atoms with E-state index in [1.54, 1.807) is 36.4 Å². The molecule has 31 heavy (non-hydrogen) atoms. The van der Waals surface area contributed by atoms with Gasteiger partial charge in [-0.25, -0.2) is 4.39 Å².